The first-order valence-corrected chi connectivity index (χ1v) is 4.93. The molecule has 0 N–H and O–H groups in total. The number of aryl methyl sites for hydroxylation is 1. The van der Waals surface area contributed by atoms with Crippen LogP contribution in [0.4, 0.5) is 0 Å². The van der Waals surface area contributed by atoms with Crippen molar-refractivity contribution in [1.82, 2.24) is 14.4 Å². The van der Waals surface area contributed by atoms with E-state index < -0.39 is 0 Å². The van der Waals surface area contributed by atoms with Crippen LogP contribution in [-0.4, -0.2) is 14.4 Å². The minimum atomic E-state index is 0.804. The van der Waals surface area contributed by atoms with Gasteiger partial charge in [0.25, 0.3) is 0 Å². The van der Waals surface area contributed by atoms with Gasteiger partial charge in [-0.3, -0.25) is 9.38 Å². The largest absolute Gasteiger partial charge is 0.288 e. The molecule has 0 aromatic carbocycles. The Morgan fingerprint density at radius 3 is 2.75 bits per heavy atom. The summed E-state index contributed by atoms with van der Waals surface area (Å²) in [5.41, 5.74) is 1.89. The van der Waals surface area contributed by atoms with Crippen LogP contribution in [0.3, 0.4) is 0 Å². The number of aromatic nitrogens is 3. The van der Waals surface area contributed by atoms with E-state index in [2.05, 4.69) is 41.8 Å². The first-order valence-electron chi connectivity index (χ1n) is 3.34. The van der Waals surface area contributed by atoms with E-state index in [-0.39, 0.29) is 0 Å². The first kappa shape index (κ1) is 8.19. The van der Waals surface area contributed by atoms with E-state index in [1.165, 1.54) is 0 Å². The van der Waals surface area contributed by atoms with Crippen LogP contribution in [0.5, 0.6) is 0 Å². The quantitative estimate of drug-likeness (QED) is 0.746. The molecule has 0 aliphatic heterocycles. The minimum absolute atomic E-state index is 0.804. The van der Waals surface area contributed by atoms with E-state index in [1.54, 1.807) is 12.4 Å². The third-order valence-electron chi connectivity index (χ3n) is 1.61. The van der Waals surface area contributed by atoms with Crippen molar-refractivity contribution in [2.24, 2.45) is 0 Å². The van der Waals surface area contributed by atoms with Gasteiger partial charge in [0.05, 0.1) is 6.20 Å². The summed E-state index contributed by atoms with van der Waals surface area (Å²) in [4.78, 5) is 8.29. The number of hydrogen-bond acceptors (Lipinski definition) is 2. The van der Waals surface area contributed by atoms with Gasteiger partial charge in [0.1, 0.15) is 9.21 Å². The molecule has 5 heteroatoms. The maximum atomic E-state index is 4.24. The fraction of sp³-hybridized carbons (Fsp3) is 0.143. The van der Waals surface area contributed by atoms with Crippen LogP contribution in [0.2, 0.25) is 0 Å². The van der Waals surface area contributed by atoms with Gasteiger partial charge in [-0.2, -0.15) is 0 Å². The summed E-state index contributed by atoms with van der Waals surface area (Å²) in [6.07, 6.45) is 3.52. The summed E-state index contributed by atoms with van der Waals surface area (Å²) < 4.78 is 3.72. The number of hydrogen-bond donors (Lipinski definition) is 0. The molecular weight excluding hydrogens is 286 g/mol. The van der Waals surface area contributed by atoms with Crippen molar-refractivity contribution in [2.75, 3.05) is 0 Å². The molecule has 3 nitrogen and oxygen atoms in total. The fourth-order valence-corrected chi connectivity index (χ4v) is 1.99. The third-order valence-corrected chi connectivity index (χ3v) is 3.43. The predicted octanol–water partition coefficient (Wildman–Crippen LogP) is 2.56. The molecule has 12 heavy (non-hydrogen) atoms. The highest BCUT2D eigenvalue weighted by molar-refractivity contribution is 9.13. The molecule has 0 amide bonds. The lowest BCUT2D eigenvalue weighted by Gasteiger charge is -1.97. The van der Waals surface area contributed by atoms with Gasteiger partial charge < -0.3 is 0 Å². The van der Waals surface area contributed by atoms with Crippen molar-refractivity contribution in [1.29, 1.82) is 0 Å². The molecule has 2 rings (SSSR count). The van der Waals surface area contributed by atoms with Crippen molar-refractivity contribution < 1.29 is 0 Å². The van der Waals surface area contributed by atoms with Gasteiger partial charge in [-0.25, -0.2) is 4.98 Å². The standard InChI is InChI=1S/C7H5Br2N3/c1-4-2-10-3-5-11-6(8)7(9)12(4)5/h2-3H,1H3. The molecule has 0 fully saturated rings. The summed E-state index contributed by atoms with van der Waals surface area (Å²) in [7, 11) is 0. The zero-order valence-electron chi connectivity index (χ0n) is 6.25. The van der Waals surface area contributed by atoms with Crippen LogP contribution in [-0.2, 0) is 0 Å². The van der Waals surface area contributed by atoms with Crippen molar-refractivity contribution in [3.8, 4) is 0 Å². The minimum Gasteiger partial charge on any atom is -0.288 e. The Bertz CT molecular complexity index is 435. The molecule has 0 aliphatic rings. The Balaban J connectivity index is 2.97. The van der Waals surface area contributed by atoms with Crippen molar-refractivity contribution in [3.05, 3.63) is 27.3 Å². The molecule has 2 aromatic heterocycles. The normalized spacial score (nSPS) is 10.9. The fourth-order valence-electron chi connectivity index (χ4n) is 1.08. The molecule has 0 atom stereocenters. The van der Waals surface area contributed by atoms with Crippen molar-refractivity contribution >= 4 is 37.5 Å². The molecular formula is C7H5Br2N3. The van der Waals surface area contributed by atoms with Gasteiger partial charge >= 0.3 is 0 Å². The molecule has 0 bridgehead atoms. The Labute approximate surface area is 86.1 Å². The van der Waals surface area contributed by atoms with Gasteiger partial charge in [0.2, 0.25) is 0 Å². The van der Waals surface area contributed by atoms with Crippen LogP contribution in [0.15, 0.2) is 21.6 Å². The monoisotopic (exact) mass is 289 g/mol. The summed E-state index contributed by atoms with van der Waals surface area (Å²) in [5.74, 6) is 0. The maximum Gasteiger partial charge on any atom is 0.157 e. The molecule has 0 saturated heterocycles. The van der Waals surface area contributed by atoms with Gasteiger partial charge in [0.15, 0.2) is 5.65 Å². The second kappa shape index (κ2) is 2.81. The summed E-state index contributed by atoms with van der Waals surface area (Å²) in [6, 6.07) is 0. The van der Waals surface area contributed by atoms with Crippen LogP contribution in [0, 0.1) is 6.92 Å². The highest BCUT2D eigenvalue weighted by Crippen LogP contribution is 2.24. The third kappa shape index (κ3) is 1.08. The van der Waals surface area contributed by atoms with Crippen LogP contribution < -0.4 is 0 Å². The van der Waals surface area contributed by atoms with E-state index in [0.29, 0.717) is 0 Å². The van der Waals surface area contributed by atoms with Crippen molar-refractivity contribution in [3.63, 3.8) is 0 Å². The van der Waals surface area contributed by atoms with E-state index in [9.17, 15) is 0 Å². The SMILES string of the molecule is Cc1cncc2nc(Br)c(Br)n12. The van der Waals surface area contributed by atoms with Gasteiger partial charge in [-0.05, 0) is 38.8 Å². The van der Waals surface area contributed by atoms with Crippen LogP contribution >= 0.6 is 31.9 Å². The zero-order valence-corrected chi connectivity index (χ0v) is 9.42. The smallest absolute Gasteiger partial charge is 0.157 e. The molecule has 0 aliphatic carbocycles. The second-order valence-corrected chi connectivity index (χ2v) is 3.94. The summed E-state index contributed by atoms with van der Waals surface area (Å²) >= 11 is 6.76. The molecule has 0 spiro atoms. The molecule has 0 unspecified atom stereocenters. The van der Waals surface area contributed by atoms with Gasteiger partial charge in [-0.1, -0.05) is 0 Å². The molecule has 0 radical (unpaired) electrons. The lowest BCUT2D eigenvalue weighted by molar-refractivity contribution is 1.03. The molecule has 62 valence electrons. The highest BCUT2D eigenvalue weighted by Gasteiger charge is 2.07. The Morgan fingerprint density at radius 2 is 2.08 bits per heavy atom. The first-order chi connectivity index (χ1) is 5.70. The number of rotatable bonds is 0. The molecule has 2 aromatic rings. The topological polar surface area (TPSA) is 30.2 Å². The number of imidazole rings is 1. The maximum absolute atomic E-state index is 4.24. The van der Waals surface area contributed by atoms with Crippen LogP contribution in [0.1, 0.15) is 5.69 Å². The Kier molecular flexibility index (Phi) is 1.92. The van der Waals surface area contributed by atoms with E-state index in [1.807, 2.05) is 11.3 Å². The predicted molar refractivity (Wildman–Crippen MR) is 53.1 cm³/mol. The number of nitrogens with zero attached hydrogens (tertiary/aromatic N) is 3. The van der Waals surface area contributed by atoms with Crippen LogP contribution in [0.25, 0.3) is 5.65 Å². The lowest BCUT2D eigenvalue weighted by Crippen LogP contribution is -1.91. The zero-order chi connectivity index (χ0) is 8.72. The molecule has 0 saturated carbocycles. The highest BCUT2D eigenvalue weighted by atomic mass is 79.9. The second-order valence-electron chi connectivity index (χ2n) is 2.44. The van der Waals surface area contributed by atoms with Gasteiger partial charge in [-0.15, -0.1) is 0 Å². The lowest BCUT2D eigenvalue weighted by atomic mass is 10.5. The molecule has 2 heterocycles. The Hall–Kier alpha value is -0.420. The van der Waals surface area contributed by atoms with E-state index in [4.69, 9.17) is 0 Å². The number of halogens is 2. The summed E-state index contributed by atoms with van der Waals surface area (Å²) in [6.45, 7) is 1.98. The van der Waals surface area contributed by atoms with Crippen molar-refractivity contribution in [2.45, 2.75) is 6.92 Å². The van der Waals surface area contributed by atoms with Gasteiger partial charge in [0, 0.05) is 11.9 Å². The number of fused-ring (bicyclic) bond motifs is 1. The average molecular weight is 291 g/mol. The van der Waals surface area contributed by atoms with E-state index in [0.717, 1.165) is 20.5 Å². The summed E-state index contributed by atoms with van der Waals surface area (Å²) in [5, 5.41) is 0. The van der Waals surface area contributed by atoms with E-state index >= 15 is 0 Å². The Morgan fingerprint density at radius 1 is 1.33 bits per heavy atom. The average Bonchev–Trinajstić information content (AvgIpc) is 2.29.